The molecular formula is C31H26BrNO5S. The molecule has 6 nitrogen and oxygen atoms in total. The van der Waals surface area contributed by atoms with Gasteiger partial charge in [-0.05, 0) is 71.6 Å². The molecule has 2 amide bonds. The van der Waals surface area contributed by atoms with Crippen LogP contribution in [0.2, 0.25) is 0 Å². The Morgan fingerprint density at radius 3 is 2.46 bits per heavy atom. The summed E-state index contributed by atoms with van der Waals surface area (Å²) in [5.74, 6) is 1.57. The number of imide groups is 1. The van der Waals surface area contributed by atoms with E-state index in [1.165, 1.54) is 4.90 Å². The zero-order valence-electron chi connectivity index (χ0n) is 21.3. The summed E-state index contributed by atoms with van der Waals surface area (Å²) in [5.41, 5.74) is 1.77. The fraction of sp³-hybridized carbons (Fsp3) is 0.161. The molecule has 0 N–H and O–H groups in total. The molecule has 0 saturated carbocycles. The number of carbonyl (C=O) groups is 2. The molecule has 1 fully saturated rings. The third-order valence-electron chi connectivity index (χ3n) is 6.07. The first-order valence-corrected chi connectivity index (χ1v) is 14.1. The molecule has 1 aliphatic rings. The van der Waals surface area contributed by atoms with E-state index in [2.05, 4.69) is 15.9 Å². The average molecular weight is 605 g/mol. The lowest BCUT2D eigenvalue weighted by Gasteiger charge is -2.14. The second kappa shape index (κ2) is 12.4. The van der Waals surface area contributed by atoms with Crippen molar-refractivity contribution in [1.82, 2.24) is 4.90 Å². The van der Waals surface area contributed by atoms with Gasteiger partial charge in [0.1, 0.15) is 19.0 Å². The highest BCUT2D eigenvalue weighted by Gasteiger charge is 2.34. The van der Waals surface area contributed by atoms with Gasteiger partial charge < -0.3 is 14.2 Å². The number of carbonyl (C=O) groups excluding carboxylic acids is 2. The Kier molecular flexibility index (Phi) is 8.54. The summed E-state index contributed by atoms with van der Waals surface area (Å²) < 4.78 is 18.7. The van der Waals surface area contributed by atoms with Crippen LogP contribution in [0.4, 0.5) is 4.79 Å². The summed E-state index contributed by atoms with van der Waals surface area (Å²) in [6.07, 6.45) is 1.71. The van der Waals surface area contributed by atoms with Gasteiger partial charge in [-0.15, -0.1) is 0 Å². The quantitative estimate of drug-likeness (QED) is 0.173. The van der Waals surface area contributed by atoms with Gasteiger partial charge in [0, 0.05) is 9.86 Å². The summed E-state index contributed by atoms with van der Waals surface area (Å²) in [6.45, 7) is 3.13. The fourth-order valence-corrected chi connectivity index (χ4v) is 5.29. The maximum Gasteiger partial charge on any atom is 0.293 e. The molecular weight excluding hydrogens is 578 g/mol. The van der Waals surface area contributed by atoms with E-state index < -0.39 is 0 Å². The average Bonchev–Trinajstić information content (AvgIpc) is 3.21. The minimum Gasteiger partial charge on any atom is -0.491 e. The van der Waals surface area contributed by atoms with Crippen molar-refractivity contribution in [2.24, 2.45) is 0 Å². The Hall–Kier alpha value is -3.75. The number of fused-ring (bicyclic) bond motifs is 1. The van der Waals surface area contributed by atoms with Crippen molar-refractivity contribution in [3.05, 3.63) is 105 Å². The number of hydrogen-bond donors (Lipinski definition) is 0. The van der Waals surface area contributed by atoms with Crippen molar-refractivity contribution in [2.75, 3.05) is 19.8 Å². The molecule has 39 heavy (non-hydrogen) atoms. The van der Waals surface area contributed by atoms with Gasteiger partial charge in [0.25, 0.3) is 11.1 Å². The van der Waals surface area contributed by atoms with Crippen molar-refractivity contribution < 1.29 is 23.8 Å². The molecule has 0 aromatic heterocycles. The Bertz CT molecular complexity index is 1530. The van der Waals surface area contributed by atoms with Crippen LogP contribution in [-0.4, -0.2) is 35.8 Å². The van der Waals surface area contributed by atoms with Gasteiger partial charge in [0.05, 0.1) is 18.1 Å². The lowest BCUT2D eigenvalue weighted by Crippen LogP contribution is -2.32. The first-order chi connectivity index (χ1) is 19.0. The Morgan fingerprint density at radius 1 is 0.846 bits per heavy atom. The second-order valence-electron chi connectivity index (χ2n) is 8.71. The van der Waals surface area contributed by atoms with E-state index in [1.54, 1.807) is 6.08 Å². The van der Waals surface area contributed by atoms with E-state index in [9.17, 15) is 9.59 Å². The minimum absolute atomic E-state index is 0.165. The molecule has 0 radical (unpaired) electrons. The lowest BCUT2D eigenvalue weighted by molar-refractivity contribution is -0.123. The summed E-state index contributed by atoms with van der Waals surface area (Å²) >= 11 is 4.36. The first-order valence-electron chi connectivity index (χ1n) is 12.5. The van der Waals surface area contributed by atoms with E-state index >= 15 is 0 Å². The van der Waals surface area contributed by atoms with Crippen molar-refractivity contribution in [3.8, 4) is 17.2 Å². The van der Waals surface area contributed by atoms with E-state index in [4.69, 9.17) is 14.2 Å². The molecule has 0 atom stereocenters. The highest BCUT2D eigenvalue weighted by Crippen LogP contribution is 2.35. The van der Waals surface area contributed by atoms with E-state index in [0.29, 0.717) is 29.6 Å². The topological polar surface area (TPSA) is 65.1 Å². The third-order valence-corrected chi connectivity index (χ3v) is 7.50. The van der Waals surface area contributed by atoms with Crippen LogP contribution in [0, 0.1) is 0 Å². The number of benzene rings is 4. The number of halogens is 1. The van der Waals surface area contributed by atoms with Gasteiger partial charge in [-0.3, -0.25) is 14.5 Å². The molecule has 8 heteroatoms. The highest BCUT2D eigenvalue weighted by atomic mass is 79.9. The molecule has 1 heterocycles. The molecule has 5 rings (SSSR count). The smallest absolute Gasteiger partial charge is 0.293 e. The zero-order chi connectivity index (χ0) is 27.2. The molecule has 0 unspecified atom stereocenters. The molecule has 0 spiro atoms. The van der Waals surface area contributed by atoms with Gasteiger partial charge in [-0.1, -0.05) is 70.5 Å². The van der Waals surface area contributed by atoms with Crippen molar-refractivity contribution in [3.63, 3.8) is 0 Å². The molecule has 1 aliphatic heterocycles. The maximum absolute atomic E-state index is 13.0. The largest absolute Gasteiger partial charge is 0.491 e. The minimum atomic E-state index is -0.333. The normalized spacial score (nSPS) is 14.3. The second-order valence-corrected chi connectivity index (χ2v) is 10.6. The number of amides is 2. The summed E-state index contributed by atoms with van der Waals surface area (Å²) in [6, 6.07) is 27.1. The van der Waals surface area contributed by atoms with Crippen LogP contribution in [0.15, 0.2) is 94.3 Å². The predicted octanol–water partition coefficient (Wildman–Crippen LogP) is 7.70. The summed E-state index contributed by atoms with van der Waals surface area (Å²) in [5, 5.41) is 1.75. The summed E-state index contributed by atoms with van der Waals surface area (Å²) in [4.78, 5) is 27.2. The first kappa shape index (κ1) is 26.8. The number of ether oxygens (including phenoxy) is 3. The molecule has 4 aromatic carbocycles. The lowest BCUT2D eigenvalue weighted by atomic mass is 10.1. The molecule has 0 bridgehead atoms. The molecule has 4 aromatic rings. The number of hydrogen-bond acceptors (Lipinski definition) is 6. The van der Waals surface area contributed by atoms with Crippen molar-refractivity contribution >= 4 is 55.7 Å². The molecule has 198 valence electrons. The van der Waals surface area contributed by atoms with E-state index in [1.807, 2.05) is 91.9 Å². The van der Waals surface area contributed by atoms with Gasteiger partial charge in [-0.25, -0.2) is 0 Å². The monoisotopic (exact) mass is 603 g/mol. The van der Waals surface area contributed by atoms with Crippen molar-refractivity contribution in [2.45, 2.75) is 13.5 Å². The number of nitrogens with zero attached hydrogens (tertiary/aromatic N) is 1. The van der Waals surface area contributed by atoms with Crippen LogP contribution in [0.3, 0.4) is 0 Å². The Balaban J connectivity index is 1.24. The summed E-state index contributed by atoms with van der Waals surface area (Å²) in [7, 11) is 0. The van der Waals surface area contributed by atoms with Gasteiger partial charge in [0.2, 0.25) is 0 Å². The molecule has 1 saturated heterocycles. The third kappa shape index (κ3) is 6.46. The van der Waals surface area contributed by atoms with Crippen molar-refractivity contribution in [1.29, 1.82) is 0 Å². The van der Waals surface area contributed by atoms with E-state index in [0.717, 1.165) is 43.9 Å². The molecule has 0 aliphatic carbocycles. The maximum atomic E-state index is 13.0. The Labute approximate surface area is 239 Å². The van der Waals surface area contributed by atoms with Crippen LogP contribution in [0.5, 0.6) is 17.2 Å². The van der Waals surface area contributed by atoms with Gasteiger partial charge in [0.15, 0.2) is 11.5 Å². The zero-order valence-corrected chi connectivity index (χ0v) is 23.7. The van der Waals surface area contributed by atoms with E-state index in [-0.39, 0.29) is 24.3 Å². The van der Waals surface area contributed by atoms with Crippen LogP contribution in [0.1, 0.15) is 18.1 Å². The van der Waals surface area contributed by atoms with Crippen LogP contribution < -0.4 is 14.2 Å². The van der Waals surface area contributed by atoms with Crippen LogP contribution >= 0.6 is 27.7 Å². The van der Waals surface area contributed by atoms with Crippen LogP contribution in [0.25, 0.3) is 16.8 Å². The van der Waals surface area contributed by atoms with Gasteiger partial charge >= 0.3 is 0 Å². The van der Waals surface area contributed by atoms with Gasteiger partial charge in [-0.2, -0.15) is 0 Å². The van der Waals surface area contributed by atoms with Crippen LogP contribution in [-0.2, 0) is 11.4 Å². The standard InChI is InChI=1S/C31H26BrNO5S/c1-2-36-28-18-22(12-15-27(28)38-20-21-10-13-24(32)14-11-21)19-29-30(34)33(31(35)39-29)16-17-37-26-9-5-7-23-6-3-4-8-25(23)26/h3-15,18-19H,2,16-17,20H2,1H3/b29-19-. The number of thioether (sulfide) groups is 1. The SMILES string of the molecule is CCOc1cc(/C=C2\SC(=O)N(CCOc3cccc4ccccc34)C2=O)ccc1OCc1ccc(Br)cc1. The fourth-order valence-electron chi connectivity index (χ4n) is 4.16. The Morgan fingerprint density at radius 2 is 1.64 bits per heavy atom. The number of rotatable bonds is 10. The predicted molar refractivity (Wildman–Crippen MR) is 158 cm³/mol. The highest BCUT2D eigenvalue weighted by molar-refractivity contribution is 9.10.